The number of hydrogen-bond acceptors (Lipinski definition) is 2. The predicted molar refractivity (Wildman–Crippen MR) is 81.8 cm³/mol. The molecule has 106 valence electrons. The van der Waals surface area contributed by atoms with Crippen LogP contribution in [-0.4, -0.2) is 30.4 Å². The zero-order valence-corrected chi connectivity index (χ0v) is 12.3. The lowest BCUT2D eigenvalue weighted by Gasteiger charge is -2.30. The van der Waals surface area contributed by atoms with Crippen LogP contribution in [0.25, 0.3) is 0 Å². The van der Waals surface area contributed by atoms with Crippen LogP contribution in [0.1, 0.15) is 26.2 Å². The summed E-state index contributed by atoms with van der Waals surface area (Å²) in [4.78, 5) is 14.2. The molecule has 0 saturated carbocycles. The highest BCUT2D eigenvalue weighted by Gasteiger charge is 2.16. The zero-order valence-electron chi connectivity index (χ0n) is 11.5. The summed E-state index contributed by atoms with van der Waals surface area (Å²) in [7, 11) is 0. The number of rotatable bonds is 4. The molecule has 0 bridgehead atoms. The number of amides is 1. The molecule has 1 unspecified atom stereocenters. The van der Waals surface area contributed by atoms with E-state index in [0.29, 0.717) is 6.42 Å². The van der Waals surface area contributed by atoms with Crippen LogP contribution in [0, 0.1) is 5.92 Å². The van der Waals surface area contributed by atoms with Gasteiger partial charge in [0.15, 0.2) is 0 Å². The second kappa shape index (κ2) is 8.18. The van der Waals surface area contributed by atoms with Gasteiger partial charge in [-0.3, -0.25) is 4.79 Å². The van der Waals surface area contributed by atoms with Gasteiger partial charge in [-0.15, -0.1) is 12.4 Å². The average molecular weight is 283 g/mol. The van der Waals surface area contributed by atoms with E-state index in [0.717, 1.165) is 31.2 Å². The highest BCUT2D eigenvalue weighted by Crippen LogP contribution is 2.15. The molecule has 19 heavy (non-hydrogen) atoms. The molecule has 1 aliphatic rings. The Kier molecular flexibility index (Phi) is 6.89. The number of nitrogens with one attached hydrogen (secondary N) is 1. The zero-order chi connectivity index (χ0) is 12.8. The summed E-state index contributed by atoms with van der Waals surface area (Å²) in [6, 6.07) is 9.65. The molecule has 1 amide bonds. The molecule has 1 aliphatic heterocycles. The number of carbonyl (C=O) groups excluding carboxylic acids is 1. The third kappa shape index (κ3) is 5.62. The van der Waals surface area contributed by atoms with E-state index in [1.807, 2.05) is 30.3 Å². The van der Waals surface area contributed by atoms with E-state index >= 15 is 0 Å². The molecule has 1 heterocycles. The Morgan fingerprint density at radius 1 is 1.37 bits per heavy atom. The van der Waals surface area contributed by atoms with E-state index in [9.17, 15) is 4.79 Å². The maximum absolute atomic E-state index is 11.8. The van der Waals surface area contributed by atoms with Crippen molar-refractivity contribution in [2.24, 2.45) is 5.92 Å². The first kappa shape index (κ1) is 16.0. The first-order valence-corrected chi connectivity index (χ1v) is 6.81. The van der Waals surface area contributed by atoms with Crippen LogP contribution >= 0.6 is 12.4 Å². The van der Waals surface area contributed by atoms with Crippen LogP contribution in [-0.2, 0) is 4.79 Å². The van der Waals surface area contributed by atoms with E-state index in [4.69, 9.17) is 0 Å². The predicted octanol–water partition coefficient (Wildman–Crippen LogP) is 3.17. The van der Waals surface area contributed by atoms with Gasteiger partial charge < -0.3 is 10.2 Å². The van der Waals surface area contributed by atoms with Crippen LogP contribution < -0.4 is 5.32 Å². The largest absolute Gasteiger partial charge is 0.326 e. The Morgan fingerprint density at radius 2 is 2.11 bits per heavy atom. The van der Waals surface area contributed by atoms with Gasteiger partial charge in [0.05, 0.1) is 0 Å². The van der Waals surface area contributed by atoms with Gasteiger partial charge in [-0.1, -0.05) is 25.1 Å². The van der Waals surface area contributed by atoms with Crippen molar-refractivity contribution < 1.29 is 4.79 Å². The van der Waals surface area contributed by atoms with Crippen molar-refractivity contribution in [1.29, 1.82) is 0 Å². The molecule has 1 aromatic carbocycles. The number of likely N-dealkylation sites (tertiary alicyclic amines) is 1. The molecule has 0 spiro atoms. The quantitative estimate of drug-likeness (QED) is 0.920. The molecule has 1 aromatic rings. The molecular formula is C15H23ClN2O. The van der Waals surface area contributed by atoms with E-state index in [1.54, 1.807) is 0 Å². The number of carbonyl (C=O) groups is 1. The third-order valence-corrected chi connectivity index (χ3v) is 3.45. The Morgan fingerprint density at radius 3 is 2.79 bits per heavy atom. The summed E-state index contributed by atoms with van der Waals surface area (Å²) in [5.74, 6) is 0.885. The molecule has 0 radical (unpaired) electrons. The summed E-state index contributed by atoms with van der Waals surface area (Å²) in [5, 5.41) is 2.93. The topological polar surface area (TPSA) is 32.3 Å². The number of piperidine rings is 1. The molecular weight excluding hydrogens is 260 g/mol. The Balaban J connectivity index is 0.00000180. The Bertz CT molecular complexity index is 383. The van der Waals surface area contributed by atoms with Crippen molar-refractivity contribution in [1.82, 2.24) is 4.90 Å². The highest BCUT2D eigenvalue weighted by atomic mass is 35.5. The second-order valence-corrected chi connectivity index (χ2v) is 5.21. The van der Waals surface area contributed by atoms with Crippen LogP contribution in [0.5, 0.6) is 0 Å². The van der Waals surface area contributed by atoms with Crippen molar-refractivity contribution >= 4 is 24.0 Å². The van der Waals surface area contributed by atoms with Gasteiger partial charge in [0.2, 0.25) is 5.91 Å². The number of benzene rings is 1. The smallest absolute Gasteiger partial charge is 0.225 e. The fourth-order valence-electron chi connectivity index (χ4n) is 2.49. The van der Waals surface area contributed by atoms with Gasteiger partial charge >= 0.3 is 0 Å². The maximum Gasteiger partial charge on any atom is 0.225 e. The fourth-order valence-corrected chi connectivity index (χ4v) is 2.49. The van der Waals surface area contributed by atoms with Crippen LogP contribution in [0.3, 0.4) is 0 Å². The number of halogens is 1. The lowest BCUT2D eigenvalue weighted by Crippen LogP contribution is -2.36. The van der Waals surface area contributed by atoms with Crippen LogP contribution in [0.2, 0.25) is 0 Å². The van der Waals surface area contributed by atoms with Crippen LogP contribution in [0.4, 0.5) is 5.69 Å². The Hall–Kier alpha value is -1.06. The van der Waals surface area contributed by atoms with E-state index in [2.05, 4.69) is 17.1 Å². The van der Waals surface area contributed by atoms with Crippen LogP contribution in [0.15, 0.2) is 30.3 Å². The Labute approximate surface area is 121 Å². The molecule has 4 heteroatoms. The second-order valence-electron chi connectivity index (χ2n) is 5.21. The van der Waals surface area contributed by atoms with Gasteiger partial charge in [-0.2, -0.15) is 0 Å². The number of nitrogens with zero attached hydrogens (tertiary/aromatic N) is 1. The minimum absolute atomic E-state index is 0. The lowest BCUT2D eigenvalue weighted by molar-refractivity contribution is -0.116. The van der Waals surface area contributed by atoms with Gasteiger partial charge in [0, 0.05) is 25.2 Å². The average Bonchev–Trinajstić information content (AvgIpc) is 2.38. The molecule has 1 fully saturated rings. The molecule has 1 N–H and O–H groups in total. The first-order valence-electron chi connectivity index (χ1n) is 6.81. The van der Waals surface area contributed by atoms with E-state index < -0.39 is 0 Å². The maximum atomic E-state index is 11.8. The minimum atomic E-state index is 0. The molecule has 0 aliphatic carbocycles. The normalized spacial score (nSPS) is 19.5. The molecule has 3 nitrogen and oxygen atoms in total. The summed E-state index contributed by atoms with van der Waals surface area (Å²) >= 11 is 0. The summed E-state index contributed by atoms with van der Waals surface area (Å²) < 4.78 is 0. The summed E-state index contributed by atoms with van der Waals surface area (Å²) in [6.07, 6.45) is 3.18. The third-order valence-electron chi connectivity index (χ3n) is 3.45. The fraction of sp³-hybridized carbons (Fsp3) is 0.533. The van der Waals surface area contributed by atoms with Crippen molar-refractivity contribution in [2.75, 3.05) is 25.0 Å². The highest BCUT2D eigenvalue weighted by molar-refractivity contribution is 5.90. The first-order chi connectivity index (χ1) is 8.74. The van der Waals surface area contributed by atoms with Crippen molar-refractivity contribution in [2.45, 2.75) is 26.2 Å². The van der Waals surface area contributed by atoms with Crippen molar-refractivity contribution in [3.63, 3.8) is 0 Å². The molecule has 1 saturated heterocycles. The van der Waals surface area contributed by atoms with Gasteiger partial charge in [-0.05, 0) is 37.4 Å². The lowest BCUT2D eigenvalue weighted by atomic mass is 10.0. The SMILES string of the molecule is CC1CCCN(CCC(=O)Nc2ccccc2)C1.Cl. The van der Waals surface area contributed by atoms with Gasteiger partial charge in [0.1, 0.15) is 0 Å². The van der Waals surface area contributed by atoms with Crippen molar-refractivity contribution in [3.8, 4) is 0 Å². The number of anilines is 1. The number of hydrogen-bond donors (Lipinski definition) is 1. The molecule has 0 aromatic heterocycles. The van der Waals surface area contributed by atoms with Gasteiger partial charge in [0.25, 0.3) is 0 Å². The van der Waals surface area contributed by atoms with E-state index in [-0.39, 0.29) is 18.3 Å². The molecule has 2 rings (SSSR count). The standard InChI is InChI=1S/C15H22N2O.ClH/c1-13-6-5-10-17(12-13)11-9-15(18)16-14-7-3-2-4-8-14;/h2-4,7-8,13H,5-6,9-12H2,1H3,(H,16,18);1H. The number of para-hydroxylation sites is 1. The van der Waals surface area contributed by atoms with Gasteiger partial charge in [-0.25, -0.2) is 0 Å². The summed E-state index contributed by atoms with van der Waals surface area (Å²) in [5.41, 5.74) is 0.884. The van der Waals surface area contributed by atoms with E-state index in [1.165, 1.54) is 12.8 Å². The minimum Gasteiger partial charge on any atom is -0.326 e. The summed E-state index contributed by atoms with van der Waals surface area (Å²) in [6.45, 7) is 5.45. The monoisotopic (exact) mass is 282 g/mol. The molecule has 1 atom stereocenters. The van der Waals surface area contributed by atoms with Crippen molar-refractivity contribution in [3.05, 3.63) is 30.3 Å².